The van der Waals surface area contributed by atoms with Gasteiger partial charge in [-0.25, -0.2) is 4.79 Å². The van der Waals surface area contributed by atoms with Crippen LogP contribution >= 0.6 is 0 Å². The number of urea groups is 1. The Morgan fingerprint density at radius 2 is 1.95 bits per heavy atom. The number of carbonyl (C=O) groups is 2. The van der Waals surface area contributed by atoms with Crippen LogP contribution in [-0.2, 0) is 11.2 Å². The van der Waals surface area contributed by atoms with E-state index in [2.05, 4.69) is 29.6 Å². The smallest absolute Gasteiger partial charge is 0.282 e. The van der Waals surface area contributed by atoms with Crippen molar-refractivity contribution in [1.82, 2.24) is 10.2 Å². The van der Waals surface area contributed by atoms with E-state index in [9.17, 15) is 9.59 Å². The van der Waals surface area contributed by atoms with Gasteiger partial charge in [-0.2, -0.15) is 0 Å². The predicted octanol–water partition coefficient (Wildman–Crippen LogP) is 3.64. The van der Waals surface area contributed by atoms with E-state index in [1.807, 2.05) is 26.8 Å². The van der Waals surface area contributed by atoms with E-state index >= 15 is 0 Å². The number of rotatable bonds is 0. The first-order chi connectivity index (χ1) is 10.7. The van der Waals surface area contributed by atoms with Crippen LogP contribution in [0.4, 0.5) is 4.79 Å². The highest BCUT2D eigenvalue weighted by molar-refractivity contribution is 6.15. The van der Waals surface area contributed by atoms with Crippen LogP contribution < -0.4 is 5.32 Å². The van der Waals surface area contributed by atoms with Gasteiger partial charge in [0, 0.05) is 0 Å². The molecule has 4 nitrogen and oxygen atoms in total. The first kappa shape index (κ1) is 14.6. The largest absolute Gasteiger partial charge is 0.329 e. The topological polar surface area (TPSA) is 49.4 Å². The molecule has 0 aromatic heterocycles. The van der Waals surface area contributed by atoms with E-state index in [-0.39, 0.29) is 18.0 Å². The Bertz CT molecular complexity index is 716. The van der Waals surface area contributed by atoms with Gasteiger partial charge in [-0.1, -0.05) is 38.1 Å². The molecule has 114 valence electrons. The molecule has 3 aliphatic rings. The van der Waals surface area contributed by atoms with Crippen molar-refractivity contribution in [2.45, 2.75) is 39.7 Å². The van der Waals surface area contributed by atoms with E-state index in [4.69, 9.17) is 0 Å². The zero-order valence-corrected chi connectivity index (χ0v) is 13.1. The van der Waals surface area contributed by atoms with Crippen LogP contribution in [0.3, 0.4) is 0 Å². The van der Waals surface area contributed by atoms with Gasteiger partial charge in [0.25, 0.3) is 5.91 Å². The molecule has 1 atom stereocenters. The average molecular weight is 296 g/mol. The summed E-state index contributed by atoms with van der Waals surface area (Å²) in [5.74, 6) is -0.301. The number of amides is 3. The Morgan fingerprint density at radius 3 is 2.73 bits per heavy atom. The molecule has 1 aliphatic carbocycles. The van der Waals surface area contributed by atoms with Gasteiger partial charge >= 0.3 is 6.03 Å². The van der Waals surface area contributed by atoms with Crippen LogP contribution in [-0.4, -0.2) is 16.8 Å². The van der Waals surface area contributed by atoms with E-state index in [0.29, 0.717) is 5.70 Å². The third-order valence-corrected chi connectivity index (χ3v) is 4.33. The molecule has 0 bridgehead atoms. The first-order valence-corrected chi connectivity index (χ1v) is 7.85. The van der Waals surface area contributed by atoms with Gasteiger partial charge < -0.3 is 0 Å². The van der Waals surface area contributed by atoms with Crippen molar-refractivity contribution in [3.63, 3.8) is 0 Å². The SMILES string of the molecule is CC.CC1c2ccc3c(c2C=C2C(=O)NC(=O)N21)C=CCC3. The molecule has 1 N–H and O–H groups in total. The molecule has 2 heterocycles. The second kappa shape index (κ2) is 5.44. The number of benzene rings is 1. The minimum Gasteiger partial charge on any atom is -0.282 e. The van der Waals surface area contributed by atoms with Crippen LogP contribution in [0.25, 0.3) is 12.2 Å². The summed E-state index contributed by atoms with van der Waals surface area (Å²) < 4.78 is 0. The fraction of sp³-hybridized carbons (Fsp3) is 0.333. The van der Waals surface area contributed by atoms with E-state index in [0.717, 1.165) is 24.0 Å². The van der Waals surface area contributed by atoms with Crippen molar-refractivity contribution in [3.05, 3.63) is 46.2 Å². The predicted molar refractivity (Wildman–Crippen MR) is 86.9 cm³/mol. The van der Waals surface area contributed by atoms with Gasteiger partial charge in [-0.05, 0) is 48.1 Å². The maximum Gasteiger partial charge on any atom is 0.329 e. The highest BCUT2D eigenvalue weighted by atomic mass is 16.2. The summed E-state index contributed by atoms with van der Waals surface area (Å²) in [5.41, 5.74) is 5.15. The van der Waals surface area contributed by atoms with Gasteiger partial charge in [0.2, 0.25) is 0 Å². The van der Waals surface area contributed by atoms with Gasteiger partial charge in [0.15, 0.2) is 0 Å². The molecule has 1 unspecified atom stereocenters. The van der Waals surface area contributed by atoms with Crippen molar-refractivity contribution >= 4 is 24.1 Å². The van der Waals surface area contributed by atoms with Gasteiger partial charge in [-0.15, -0.1) is 0 Å². The summed E-state index contributed by atoms with van der Waals surface area (Å²) in [6.45, 7) is 5.96. The zero-order valence-electron chi connectivity index (χ0n) is 13.1. The second-order valence-electron chi connectivity index (χ2n) is 5.42. The lowest BCUT2D eigenvalue weighted by atomic mass is 9.85. The number of fused-ring (bicyclic) bond motifs is 4. The molecule has 4 heteroatoms. The Morgan fingerprint density at radius 1 is 1.18 bits per heavy atom. The quantitative estimate of drug-likeness (QED) is 0.743. The molecule has 2 aliphatic heterocycles. The molecule has 4 rings (SSSR count). The number of imide groups is 1. The van der Waals surface area contributed by atoms with Crippen molar-refractivity contribution in [2.75, 3.05) is 0 Å². The number of nitrogens with one attached hydrogen (secondary N) is 1. The molecule has 3 amide bonds. The standard InChI is InChI=1S/C16H14N2O2.C2H6/c1-9-11-7-6-10-4-2-3-5-12(10)13(11)8-14-15(19)17-16(20)18(9)14;1-2/h3,5-9H,2,4H2,1H3,(H,17,19,20);1-2H3. The molecular formula is C18H20N2O2. The molecule has 1 saturated heterocycles. The lowest BCUT2D eigenvalue weighted by Crippen LogP contribution is -2.32. The molecule has 1 fully saturated rings. The van der Waals surface area contributed by atoms with E-state index in [1.54, 1.807) is 4.90 Å². The van der Waals surface area contributed by atoms with Crippen molar-refractivity contribution in [1.29, 1.82) is 0 Å². The van der Waals surface area contributed by atoms with E-state index < -0.39 is 0 Å². The Labute approximate surface area is 130 Å². The zero-order chi connectivity index (χ0) is 15.9. The van der Waals surface area contributed by atoms with Crippen molar-refractivity contribution < 1.29 is 9.59 Å². The lowest BCUT2D eigenvalue weighted by Gasteiger charge is -2.31. The minimum atomic E-state index is -0.326. The molecular weight excluding hydrogens is 276 g/mol. The molecule has 22 heavy (non-hydrogen) atoms. The van der Waals surface area contributed by atoms with Crippen molar-refractivity contribution in [2.24, 2.45) is 0 Å². The number of allylic oxidation sites excluding steroid dienone is 1. The Kier molecular flexibility index (Phi) is 3.61. The van der Waals surface area contributed by atoms with Crippen molar-refractivity contribution in [3.8, 4) is 0 Å². The highest BCUT2D eigenvalue weighted by Crippen LogP contribution is 2.39. The van der Waals surface area contributed by atoms with Gasteiger partial charge in [0.05, 0.1) is 6.04 Å². The Hall–Kier alpha value is -2.36. The number of hydrogen-bond acceptors (Lipinski definition) is 2. The minimum absolute atomic E-state index is 0.114. The average Bonchev–Trinajstić information content (AvgIpc) is 2.84. The van der Waals surface area contributed by atoms with Crippen LogP contribution in [0.2, 0.25) is 0 Å². The van der Waals surface area contributed by atoms with Crippen LogP contribution in [0.1, 0.15) is 55.5 Å². The summed E-state index contributed by atoms with van der Waals surface area (Å²) in [5, 5.41) is 2.37. The highest BCUT2D eigenvalue weighted by Gasteiger charge is 2.40. The summed E-state index contributed by atoms with van der Waals surface area (Å²) >= 11 is 0. The molecule has 1 aromatic carbocycles. The summed E-state index contributed by atoms with van der Waals surface area (Å²) in [6, 6.07) is 3.79. The third-order valence-electron chi connectivity index (χ3n) is 4.33. The fourth-order valence-electron chi connectivity index (χ4n) is 3.31. The van der Waals surface area contributed by atoms with Crippen LogP contribution in [0.15, 0.2) is 23.9 Å². The lowest BCUT2D eigenvalue weighted by molar-refractivity contribution is -0.116. The van der Waals surface area contributed by atoms with Gasteiger partial charge in [-0.3, -0.25) is 15.0 Å². The first-order valence-electron chi connectivity index (χ1n) is 7.85. The monoisotopic (exact) mass is 296 g/mol. The molecule has 0 radical (unpaired) electrons. The third kappa shape index (κ3) is 1.98. The molecule has 0 saturated carbocycles. The normalized spacial score (nSPS) is 21.1. The number of aryl methyl sites for hydroxylation is 1. The maximum absolute atomic E-state index is 11.9. The van der Waals surface area contributed by atoms with Crippen LogP contribution in [0, 0.1) is 0 Å². The summed E-state index contributed by atoms with van der Waals surface area (Å²) in [4.78, 5) is 25.3. The van der Waals surface area contributed by atoms with E-state index in [1.165, 1.54) is 11.1 Å². The fourth-order valence-corrected chi connectivity index (χ4v) is 3.31. The summed E-state index contributed by atoms with van der Waals surface area (Å²) in [7, 11) is 0. The van der Waals surface area contributed by atoms with Crippen LogP contribution in [0.5, 0.6) is 0 Å². The molecule has 0 spiro atoms. The number of hydrogen-bond donors (Lipinski definition) is 1. The maximum atomic E-state index is 11.9. The number of carbonyl (C=O) groups excluding carboxylic acids is 2. The number of nitrogens with zero attached hydrogens (tertiary/aromatic N) is 1. The summed E-state index contributed by atoms with van der Waals surface area (Å²) in [6.07, 6.45) is 8.24. The molecule has 1 aromatic rings. The Balaban J connectivity index is 0.000000693. The van der Waals surface area contributed by atoms with Gasteiger partial charge in [0.1, 0.15) is 5.70 Å². The second-order valence-corrected chi connectivity index (χ2v) is 5.42.